The van der Waals surface area contributed by atoms with Crippen molar-refractivity contribution in [3.05, 3.63) is 34.6 Å². The van der Waals surface area contributed by atoms with Gasteiger partial charge in [-0.2, -0.15) is 0 Å². The van der Waals surface area contributed by atoms with Gasteiger partial charge in [0.15, 0.2) is 5.82 Å². The Bertz CT molecular complexity index is 552. The minimum atomic E-state index is -0.288. The SMILES string of the molecule is OC1CCc2nnc(-c3cccc(Br)c3)n2C1. The maximum Gasteiger partial charge on any atom is 0.164 e. The number of aryl methyl sites for hydroxylation is 1. The van der Waals surface area contributed by atoms with E-state index in [1.165, 1.54) is 0 Å². The average Bonchev–Trinajstić information content (AvgIpc) is 2.71. The van der Waals surface area contributed by atoms with Gasteiger partial charge in [0.1, 0.15) is 5.82 Å². The van der Waals surface area contributed by atoms with Gasteiger partial charge < -0.3 is 9.67 Å². The van der Waals surface area contributed by atoms with E-state index in [2.05, 4.69) is 26.1 Å². The Morgan fingerprint density at radius 1 is 1.35 bits per heavy atom. The summed E-state index contributed by atoms with van der Waals surface area (Å²) >= 11 is 3.45. The molecule has 88 valence electrons. The highest BCUT2D eigenvalue weighted by molar-refractivity contribution is 9.10. The quantitative estimate of drug-likeness (QED) is 0.875. The third-order valence-corrected chi connectivity index (χ3v) is 3.50. The Hall–Kier alpha value is -1.20. The van der Waals surface area contributed by atoms with Crippen molar-refractivity contribution in [1.82, 2.24) is 14.8 Å². The van der Waals surface area contributed by atoms with E-state index in [1.807, 2.05) is 28.8 Å². The molecule has 2 aromatic rings. The van der Waals surface area contributed by atoms with Crippen LogP contribution in [0.25, 0.3) is 11.4 Å². The summed E-state index contributed by atoms with van der Waals surface area (Å²) in [6, 6.07) is 7.97. The molecule has 1 N–H and O–H groups in total. The number of rotatable bonds is 1. The van der Waals surface area contributed by atoms with Gasteiger partial charge in [-0.25, -0.2) is 0 Å². The second-order valence-corrected chi connectivity index (χ2v) is 5.17. The number of aliphatic hydroxyl groups excluding tert-OH is 1. The Morgan fingerprint density at radius 3 is 3.06 bits per heavy atom. The van der Waals surface area contributed by atoms with E-state index in [0.717, 1.165) is 34.5 Å². The Balaban J connectivity index is 2.07. The first-order valence-electron chi connectivity index (χ1n) is 5.60. The number of halogens is 1. The predicted molar refractivity (Wildman–Crippen MR) is 67.5 cm³/mol. The zero-order valence-electron chi connectivity index (χ0n) is 9.17. The number of hydrogen-bond donors (Lipinski definition) is 1. The number of nitrogens with zero attached hydrogens (tertiary/aromatic N) is 3. The highest BCUT2D eigenvalue weighted by Crippen LogP contribution is 2.25. The van der Waals surface area contributed by atoms with E-state index in [1.54, 1.807) is 0 Å². The molecule has 0 saturated carbocycles. The summed E-state index contributed by atoms with van der Waals surface area (Å²) in [7, 11) is 0. The maximum atomic E-state index is 9.71. The molecule has 1 aromatic carbocycles. The molecule has 0 spiro atoms. The molecule has 0 amide bonds. The van der Waals surface area contributed by atoms with Gasteiger partial charge >= 0.3 is 0 Å². The van der Waals surface area contributed by atoms with Crippen molar-refractivity contribution in [2.24, 2.45) is 0 Å². The summed E-state index contributed by atoms with van der Waals surface area (Å²) in [6.07, 6.45) is 1.28. The van der Waals surface area contributed by atoms with Gasteiger partial charge in [-0.1, -0.05) is 28.1 Å². The van der Waals surface area contributed by atoms with Crippen LogP contribution in [0.4, 0.5) is 0 Å². The van der Waals surface area contributed by atoms with Crippen LogP contribution < -0.4 is 0 Å². The van der Waals surface area contributed by atoms with Gasteiger partial charge in [0.2, 0.25) is 0 Å². The molecule has 1 aliphatic heterocycles. The lowest BCUT2D eigenvalue weighted by atomic mass is 10.1. The van der Waals surface area contributed by atoms with Gasteiger partial charge in [-0.15, -0.1) is 10.2 Å². The van der Waals surface area contributed by atoms with E-state index in [0.29, 0.717) is 6.54 Å². The third-order valence-electron chi connectivity index (χ3n) is 3.00. The standard InChI is InChI=1S/C12H12BrN3O/c13-9-3-1-2-8(6-9)12-15-14-11-5-4-10(17)7-16(11)12/h1-3,6,10,17H,4-5,7H2. The highest BCUT2D eigenvalue weighted by atomic mass is 79.9. The number of aliphatic hydroxyl groups is 1. The molecule has 3 rings (SSSR count). The van der Waals surface area contributed by atoms with Crippen molar-refractivity contribution in [3.8, 4) is 11.4 Å². The van der Waals surface area contributed by atoms with E-state index >= 15 is 0 Å². The average molecular weight is 294 g/mol. The van der Waals surface area contributed by atoms with Crippen molar-refractivity contribution in [1.29, 1.82) is 0 Å². The minimum Gasteiger partial charge on any atom is -0.391 e. The van der Waals surface area contributed by atoms with Crippen LogP contribution in [-0.4, -0.2) is 26.0 Å². The normalized spacial score (nSPS) is 19.1. The van der Waals surface area contributed by atoms with Crippen molar-refractivity contribution >= 4 is 15.9 Å². The topological polar surface area (TPSA) is 50.9 Å². The highest BCUT2D eigenvalue weighted by Gasteiger charge is 2.21. The summed E-state index contributed by atoms with van der Waals surface area (Å²) in [6.45, 7) is 0.587. The lowest BCUT2D eigenvalue weighted by Crippen LogP contribution is -2.24. The minimum absolute atomic E-state index is 0.288. The molecular formula is C12H12BrN3O. The van der Waals surface area contributed by atoms with Crippen LogP contribution in [0.1, 0.15) is 12.2 Å². The van der Waals surface area contributed by atoms with Crippen LogP contribution >= 0.6 is 15.9 Å². The van der Waals surface area contributed by atoms with E-state index in [-0.39, 0.29) is 6.10 Å². The summed E-state index contributed by atoms with van der Waals surface area (Å²) in [4.78, 5) is 0. The predicted octanol–water partition coefficient (Wildman–Crippen LogP) is 2.01. The molecular weight excluding hydrogens is 282 g/mol. The zero-order valence-corrected chi connectivity index (χ0v) is 10.8. The molecule has 2 heterocycles. The van der Waals surface area contributed by atoms with Crippen LogP contribution in [0.15, 0.2) is 28.7 Å². The van der Waals surface area contributed by atoms with Crippen molar-refractivity contribution in [2.75, 3.05) is 0 Å². The van der Waals surface area contributed by atoms with Crippen molar-refractivity contribution in [3.63, 3.8) is 0 Å². The first kappa shape index (κ1) is 10.9. The van der Waals surface area contributed by atoms with Gasteiger partial charge in [0, 0.05) is 16.5 Å². The smallest absolute Gasteiger partial charge is 0.164 e. The molecule has 0 fully saturated rings. The second-order valence-electron chi connectivity index (χ2n) is 4.25. The van der Waals surface area contributed by atoms with Gasteiger partial charge in [0.05, 0.1) is 12.6 Å². The molecule has 4 nitrogen and oxygen atoms in total. The molecule has 5 heteroatoms. The molecule has 0 radical (unpaired) electrons. The fourth-order valence-electron chi connectivity index (χ4n) is 2.15. The van der Waals surface area contributed by atoms with Gasteiger partial charge in [-0.3, -0.25) is 0 Å². The largest absolute Gasteiger partial charge is 0.391 e. The fourth-order valence-corrected chi connectivity index (χ4v) is 2.55. The van der Waals surface area contributed by atoms with Gasteiger partial charge in [-0.05, 0) is 18.6 Å². The molecule has 1 atom stereocenters. The molecule has 1 aromatic heterocycles. The summed E-state index contributed by atoms with van der Waals surface area (Å²) in [5, 5.41) is 18.1. The molecule has 1 aliphatic rings. The maximum absolute atomic E-state index is 9.71. The van der Waals surface area contributed by atoms with Crippen LogP contribution in [0, 0.1) is 0 Å². The molecule has 1 unspecified atom stereocenters. The monoisotopic (exact) mass is 293 g/mol. The molecule has 17 heavy (non-hydrogen) atoms. The molecule has 0 saturated heterocycles. The number of hydrogen-bond acceptors (Lipinski definition) is 3. The first-order valence-corrected chi connectivity index (χ1v) is 6.39. The molecule has 0 bridgehead atoms. The van der Waals surface area contributed by atoms with E-state index in [9.17, 15) is 5.11 Å². The fraction of sp³-hybridized carbons (Fsp3) is 0.333. The van der Waals surface area contributed by atoms with Crippen LogP contribution in [0.5, 0.6) is 0 Å². The van der Waals surface area contributed by atoms with Gasteiger partial charge in [0.25, 0.3) is 0 Å². The Morgan fingerprint density at radius 2 is 2.24 bits per heavy atom. The van der Waals surface area contributed by atoms with Crippen molar-refractivity contribution in [2.45, 2.75) is 25.5 Å². The lowest BCUT2D eigenvalue weighted by Gasteiger charge is -2.19. The third kappa shape index (κ3) is 2.00. The number of aromatic nitrogens is 3. The van der Waals surface area contributed by atoms with Crippen LogP contribution in [0.3, 0.4) is 0 Å². The first-order chi connectivity index (χ1) is 8.24. The second kappa shape index (κ2) is 4.23. The number of fused-ring (bicyclic) bond motifs is 1. The van der Waals surface area contributed by atoms with E-state index in [4.69, 9.17) is 0 Å². The van der Waals surface area contributed by atoms with E-state index < -0.39 is 0 Å². The number of benzene rings is 1. The van der Waals surface area contributed by atoms with Crippen molar-refractivity contribution < 1.29 is 5.11 Å². The molecule has 0 aliphatic carbocycles. The van der Waals surface area contributed by atoms with Crippen LogP contribution in [-0.2, 0) is 13.0 Å². The zero-order chi connectivity index (χ0) is 11.8. The Kier molecular flexibility index (Phi) is 2.72. The summed E-state index contributed by atoms with van der Waals surface area (Å²) in [5.74, 6) is 1.80. The summed E-state index contributed by atoms with van der Waals surface area (Å²) < 4.78 is 3.03. The Labute approximate surface area is 107 Å². The lowest BCUT2D eigenvalue weighted by molar-refractivity contribution is 0.131. The summed E-state index contributed by atoms with van der Waals surface area (Å²) in [5.41, 5.74) is 1.02. The van der Waals surface area contributed by atoms with Crippen LogP contribution in [0.2, 0.25) is 0 Å².